The Morgan fingerprint density at radius 1 is 1.41 bits per heavy atom. The Morgan fingerprint density at radius 3 is 2.88 bits per heavy atom. The Kier molecular flexibility index (Phi) is 2.42. The SMILES string of the molecule is CC(C)[C@H]1CCc2coc3c2[C@H]1C[C@H](C)C3=O. The molecular formula is C15H20O2. The molecule has 92 valence electrons. The maximum atomic E-state index is 12.1. The van der Waals surface area contributed by atoms with Crippen LogP contribution in [0.3, 0.4) is 0 Å². The van der Waals surface area contributed by atoms with Crippen LogP contribution in [0.2, 0.25) is 0 Å². The molecule has 3 rings (SSSR count). The minimum Gasteiger partial charge on any atom is -0.461 e. The first-order valence-electron chi connectivity index (χ1n) is 6.74. The highest BCUT2D eigenvalue weighted by molar-refractivity contribution is 5.98. The van der Waals surface area contributed by atoms with Gasteiger partial charge in [0.1, 0.15) is 0 Å². The van der Waals surface area contributed by atoms with E-state index in [9.17, 15) is 4.79 Å². The van der Waals surface area contributed by atoms with Crippen LogP contribution in [0, 0.1) is 17.8 Å². The summed E-state index contributed by atoms with van der Waals surface area (Å²) in [5, 5.41) is 0. The van der Waals surface area contributed by atoms with E-state index in [1.54, 1.807) is 0 Å². The van der Waals surface area contributed by atoms with Gasteiger partial charge in [0.2, 0.25) is 5.78 Å². The number of hydrogen-bond acceptors (Lipinski definition) is 2. The van der Waals surface area contributed by atoms with E-state index >= 15 is 0 Å². The fourth-order valence-corrected chi connectivity index (χ4v) is 3.73. The topological polar surface area (TPSA) is 30.2 Å². The van der Waals surface area contributed by atoms with Gasteiger partial charge in [-0.25, -0.2) is 0 Å². The van der Waals surface area contributed by atoms with Crippen molar-refractivity contribution in [2.45, 2.75) is 46.0 Å². The number of Topliss-reactive ketones (excluding diaryl/α,β-unsaturated/α-hetero) is 1. The molecule has 0 N–H and O–H groups in total. The molecule has 17 heavy (non-hydrogen) atoms. The van der Waals surface area contributed by atoms with E-state index in [0.29, 0.717) is 17.6 Å². The van der Waals surface area contributed by atoms with Gasteiger partial charge in [0, 0.05) is 11.5 Å². The summed E-state index contributed by atoms with van der Waals surface area (Å²) in [6.07, 6.45) is 5.17. The van der Waals surface area contributed by atoms with Crippen molar-refractivity contribution >= 4 is 5.78 Å². The summed E-state index contributed by atoms with van der Waals surface area (Å²) in [7, 11) is 0. The van der Waals surface area contributed by atoms with Gasteiger partial charge in [0.05, 0.1) is 6.26 Å². The van der Waals surface area contributed by atoms with Gasteiger partial charge in [-0.3, -0.25) is 4.79 Å². The van der Waals surface area contributed by atoms with Crippen LogP contribution in [-0.2, 0) is 6.42 Å². The minimum absolute atomic E-state index is 0.130. The summed E-state index contributed by atoms with van der Waals surface area (Å²) in [6, 6.07) is 0. The lowest BCUT2D eigenvalue weighted by Gasteiger charge is -2.38. The van der Waals surface area contributed by atoms with Crippen LogP contribution in [0.25, 0.3) is 0 Å². The largest absolute Gasteiger partial charge is 0.461 e. The van der Waals surface area contributed by atoms with Crippen molar-refractivity contribution in [1.82, 2.24) is 0 Å². The summed E-state index contributed by atoms with van der Waals surface area (Å²) in [5.74, 6) is 2.98. The van der Waals surface area contributed by atoms with E-state index in [1.807, 2.05) is 13.2 Å². The molecule has 1 aromatic heterocycles. The second kappa shape index (κ2) is 3.72. The average molecular weight is 232 g/mol. The van der Waals surface area contributed by atoms with Gasteiger partial charge < -0.3 is 4.42 Å². The van der Waals surface area contributed by atoms with Crippen LogP contribution in [0.4, 0.5) is 0 Å². The van der Waals surface area contributed by atoms with Gasteiger partial charge in [0.25, 0.3) is 0 Å². The number of carbonyl (C=O) groups is 1. The Balaban J connectivity index is 2.10. The van der Waals surface area contributed by atoms with E-state index in [-0.39, 0.29) is 11.7 Å². The first-order chi connectivity index (χ1) is 8.09. The monoisotopic (exact) mass is 232 g/mol. The molecule has 1 heterocycles. The summed E-state index contributed by atoms with van der Waals surface area (Å²) < 4.78 is 5.55. The van der Waals surface area contributed by atoms with Crippen LogP contribution < -0.4 is 0 Å². The lowest BCUT2D eigenvalue weighted by atomic mass is 9.65. The highest BCUT2D eigenvalue weighted by atomic mass is 16.3. The van der Waals surface area contributed by atoms with Crippen LogP contribution in [0.5, 0.6) is 0 Å². The number of carbonyl (C=O) groups excluding carboxylic acids is 1. The highest BCUT2D eigenvalue weighted by Gasteiger charge is 2.42. The predicted octanol–water partition coefficient (Wildman–Crippen LogP) is 3.80. The highest BCUT2D eigenvalue weighted by Crippen LogP contribution is 2.49. The molecule has 1 aromatic rings. The third kappa shape index (κ3) is 1.50. The molecule has 0 saturated carbocycles. The van der Waals surface area contributed by atoms with E-state index in [1.165, 1.54) is 17.5 Å². The molecule has 3 atom stereocenters. The molecule has 0 amide bonds. The lowest BCUT2D eigenvalue weighted by Crippen LogP contribution is -2.32. The molecule has 2 heteroatoms. The quantitative estimate of drug-likeness (QED) is 0.737. The molecule has 2 nitrogen and oxygen atoms in total. The van der Waals surface area contributed by atoms with Crippen LogP contribution in [0.1, 0.15) is 61.2 Å². The Labute approximate surface area is 102 Å². The van der Waals surface area contributed by atoms with E-state index in [0.717, 1.165) is 18.8 Å². The molecule has 0 unspecified atom stereocenters. The van der Waals surface area contributed by atoms with E-state index in [2.05, 4.69) is 13.8 Å². The average Bonchev–Trinajstić information content (AvgIpc) is 2.71. The third-order valence-electron chi connectivity index (χ3n) is 4.68. The molecule has 0 saturated heterocycles. The van der Waals surface area contributed by atoms with Crippen molar-refractivity contribution in [3.63, 3.8) is 0 Å². The van der Waals surface area contributed by atoms with Crippen LogP contribution in [-0.4, -0.2) is 5.78 Å². The molecular weight excluding hydrogens is 212 g/mol. The van der Waals surface area contributed by atoms with Crippen LogP contribution >= 0.6 is 0 Å². The maximum Gasteiger partial charge on any atom is 0.201 e. The predicted molar refractivity (Wildman–Crippen MR) is 66.2 cm³/mol. The number of aryl methyl sites for hydroxylation is 1. The smallest absolute Gasteiger partial charge is 0.201 e. The minimum atomic E-state index is 0.130. The van der Waals surface area contributed by atoms with E-state index < -0.39 is 0 Å². The van der Waals surface area contributed by atoms with Gasteiger partial charge >= 0.3 is 0 Å². The molecule has 0 radical (unpaired) electrons. The third-order valence-corrected chi connectivity index (χ3v) is 4.68. The molecule has 0 fully saturated rings. The molecule has 0 aromatic carbocycles. The first kappa shape index (κ1) is 11.1. The Hall–Kier alpha value is -1.05. The lowest BCUT2D eigenvalue weighted by molar-refractivity contribution is 0.0851. The zero-order chi connectivity index (χ0) is 12.2. The summed E-state index contributed by atoms with van der Waals surface area (Å²) >= 11 is 0. The second-order valence-electron chi connectivity index (χ2n) is 6.06. The molecule has 2 aliphatic rings. The van der Waals surface area contributed by atoms with Crippen molar-refractivity contribution in [2.24, 2.45) is 17.8 Å². The molecule has 0 spiro atoms. The number of hydrogen-bond donors (Lipinski definition) is 0. The molecule has 2 aliphatic carbocycles. The Morgan fingerprint density at radius 2 is 2.18 bits per heavy atom. The standard InChI is InChI=1S/C15H20O2/c1-8(2)11-5-4-10-7-17-15-13(10)12(11)6-9(3)14(15)16/h7-9,11-12H,4-6H2,1-3H3/t9-,11+,12-/m0/s1. The van der Waals surface area contributed by atoms with Gasteiger partial charge in [-0.2, -0.15) is 0 Å². The van der Waals surface area contributed by atoms with Gasteiger partial charge in [-0.05, 0) is 42.6 Å². The van der Waals surface area contributed by atoms with Gasteiger partial charge in [-0.1, -0.05) is 20.8 Å². The number of ketones is 1. The van der Waals surface area contributed by atoms with Crippen LogP contribution in [0.15, 0.2) is 10.7 Å². The van der Waals surface area contributed by atoms with Crippen molar-refractivity contribution in [3.8, 4) is 0 Å². The second-order valence-corrected chi connectivity index (χ2v) is 6.06. The van der Waals surface area contributed by atoms with Crippen molar-refractivity contribution in [1.29, 1.82) is 0 Å². The van der Waals surface area contributed by atoms with Crippen molar-refractivity contribution in [2.75, 3.05) is 0 Å². The Bertz CT molecular complexity index is 455. The first-order valence-corrected chi connectivity index (χ1v) is 6.74. The number of furan rings is 1. The van der Waals surface area contributed by atoms with Gasteiger partial charge in [0.15, 0.2) is 5.76 Å². The van der Waals surface area contributed by atoms with Crippen molar-refractivity contribution < 1.29 is 9.21 Å². The van der Waals surface area contributed by atoms with E-state index in [4.69, 9.17) is 4.42 Å². The normalized spacial score (nSPS) is 31.8. The molecule has 0 bridgehead atoms. The van der Waals surface area contributed by atoms with Crippen molar-refractivity contribution in [3.05, 3.63) is 23.2 Å². The summed E-state index contributed by atoms with van der Waals surface area (Å²) in [5.41, 5.74) is 2.56. The zero-order valence-corrected chi connectivity index (χ0v) is 10.8. The molecule has 0 aliphatic heterocycles. The summed E-state index contributed by atoms with van der Waals surface area (Å²) in [6.45, 7) is 6.65. The number of rotatable bonds is 1. The van der Waals surface area contributed by atoms with Gasteiger partial charge in [-0.15, -0.1) is 0 Å². The zero-order valence-electron chi connectivity index (χ0n) is 10.8. The fourth-order valence-electron chi connectivity index (χ4n) is 3.73. The summed E-state index contributed by atoms with van der Waals surface area (Å²) in [4.78, 5) is 12.1. The fraction of sp³-hybridized carbons (Fsp3) is 0.667. The maximum absolute atomic E-state index is 12.1.